The van der Waals surface area contributed by atoms with Crippen LogP contribution in [0.2, 0.25) is 5.02 Å². The maximum absolute atomic E-state index is 13.1. The number of pyridine rings is 1. The zero-order valence-corrected chi connectivity index (χ0v) is 22.3. The highest BCUT2D eigenvalue weighted by atomic mass is 35.5. The van der Waals surface area contributed by atoms with Crippen molar-refractivity contribution in [3.63, 3.8) is 0 Å². The zero-order valence-electron chi connectivity index (χ0n) is 21.5. The normalized spacial score (nSPS) is 11.9. The number of nitriles is 1. The molecule has 0 saturated heterocycles. The Morgan fingerprint density at radius 1 is 1.08 bits per heavy atom. The van der Waals surface area contributed by atoms with Crippen LogP contribution >= 0.6 is 11.6 Å². The highest BCUT2D eigenvalue weighted by molar-refractivity contribution is 6.31. The summed E-state index contributed by atoms with van der Waals surface area (Å²) in [7, 11) is 0. The SMILES string of the molecule is CCOc1cn(C(C)C(=O)Cc2ccc(C(=O)OC(C)(C)C)cc2)c(=O)cc1-c1cc(Cl)ccc1C#N. The minimum absolute atomic E-state index is 0.0702. The van der Waals surface area contributed by atoms with E-state index in [9.17, 15) is 19.6 Å². The molecule has 0 amide bonds. The zero-order chi connectivity index (χ0) is 27.3. The minimum Gasteiger partial charge on any atom is -0.492 e. The van der Waals surface area contributed by atoms with Gasteiger partial charge < -0.3 is 14.0 Å². The third-order valence-corrected chi connectivity index (χ3v) is 5.82. The lowest BCUT2D eigenvalue weighted by Crippen LogP contribution is -2.28. The summed E-state index contributed by atoms with van der Waals surface area (Å²) in [6.45, 7) is 9.15. The summed E-state index contributed by atoms with van der Waals surface area (Å²) in [5, 5.41) is 9.94. The van der Waals surface area contributed by atoms with Gasteiger partial charge in [0.15, 0.2) is 5.78 Å². The van der Waals surface area contributed by atoms with Crippen molar-refractivity contribution in [2.24, 2.45) is 0 Å². The number of carbonyl (C=O) groups excluding carboxylic acids is 2. The molecule has 2 aromatic carbocycles. The van der Waals surface area contributed by atoms with E-state index in [0.29, 0.717) is 45.2 Å². The lowest BCUT2D eigenvalue weighted by Gasteiger charge is -2.19. The molecule has 192 valence electrons. The highest BCUT2D eigenvalue weighted by Crippen LogP contribution is 2.33. The topological polar surface area (TPSA) is 98.4 Å². The van der Waals surface area contributed by atoms with Gasteiger partial charge in [-0.2, -0.15) is 5.26 Å². The fourth-order valence-electron chi connectivity index (χ4n) is 3.75. The van der Waals surface area contributed by atoms with Crippen LogP contribution in [-0.2, 0) is 16.0 Å². The smallest absolute Gasteiger partial charge is 0.338 e. The summed E-state index contributed by atoms with van der Waals surface area (Å²) >= 11 is 6.14. The molecule has 7 nitrogen and oxygen atoms in total. The summed E-state index contributed by atoms with van der Waals surface area (Å²) in [5.41, 5.74) is 1.34. The summed E-state index contributed by atoms with van der Waals surface area (Å²) in [5.74, 6) is -0.266. The molecule has 0 fully saturated rings. The number of hydrogen-bond donors (Lipinski definition) is 0. The third-order valence-electron chi connectivity index (χ3n) is 5.59. The molecule has 0 N–H and O–H groups in total. The first-order valence-corrected chi connectivity index (χ1v) is 12.2. The van der Waals surface area contributed by atoms with Crippen LogP contribution in [0.3, 0.4) is 0 Å². The molecule has 0 spiro atoms. The maximum atomic E-state index is 13.1. The van der Waals surface area contributed by atoms with Crippen molar-refractivity contribution >= 4 is 23.4 Å². The molecule has 0 aliphatic heterocycles. The predicted octanol–water partition coefficient (Wildman–Crippen LogP) is 5.77. The van der Waals surface area contributed by atoms with Crippen molar-refractivity contribution < 1.29 is 19.1 Å². The van der Waals surface area contributed by atoms with E-state index >= 15 is 0 Å². The minimum atomic E-state index is -0.777. The van der Waals surface area contributed by atoms with Crippen LogP contribution in [0.5, 0.6) is 5.75 Å². The van der Waals surface area contributed by atoms with Crippen LogP contribution in [0.15, 0.2) is 59.5 Å². The van der Waals surface area contributed by atoms with Crippen LogP contribution in [-0.4, -0.2) is 28.5 Å². The first-order valence-electron chi connectivity index (χ1n) is 11.9. The first-order chi connectivity index (χ1) is 17.4. The van der Waals surface area contributed by atoms with Crippen LogP contribution in [0, 0.1) is 11.3 Å². The summed E-state index contributed by atoms with van der Waals surface area (Å²) in [6.07, 6.45) is 1.57. The Bertz CT molecular complexity index is 1410. The molecule has 0 saturated carbocycles. The van der Waals surface area contributed by atoms with Crippen molar-refractivity contribution in [1.29, 1.82) is 5.26 Å². The molecule has 37 heavy (non-hydrogen) atoms. The number of ketones is 1. The number of nitrogens with zero attached hydrogens (tertiary/aromatic N) is 2. The molecule has 0 radical (unpaired) electrons. The van der Waals surface area contributed by atoms with E-state index in [0.717, 1.165) is 0 Å². The number of halogens is 1. The maximum Gasteiger partial charge on any atom is 0.338 e. The third kappa shape index (κ3) is 6.87. The van der Waals surface area contributed by atoms with Crippen molar-refractivity contribution in [1.82, 2.24) is 4.57 Å². The number of carbonyl (C=O) groups is 2. The van der Waals surface area contributed by atoms with Gasteiger partial charge in [-0.1, -0.05) is 23.7 Å². The molecule has 8 heteroatoms. The van der Waals surface area contributed by atoms with Gasteiger partial charge >= 0.3 is 5.97 Å². The molecule has 1 aromatic heterocycles. The van der Waals surface area contributed by atoms with Gasteiger partial charge in [-0.25, -0.2) is 4.79 Å². The van der Waals surface area contributed by atoms with Gasteiger partial charge in [-0.3, -0.25) is 9.59 Å². The van der Waals surface area contributed by atoms with Crippen LogP contribution in [0.25, 0.3) is 11.1 Å². The number of aromatic nitrogens is 1. The molecular formula is C29H29ClN2O5. The second-order valence-electron chi connectivity index (χ2n) is 9.55. The van der Waals surface area contributed by atoms with Crippen molar-refractivity contribution in [3.05, 3.63) is 86.8 Å². The molecule has 1 atom stereocenters. The lowest BCUT2D eigenvalue weighted by molar-refractivity contribution is -0.121. The second-order valence-corrected chi connectivity index (χ2v) is 9.99. The molecule has 0 bridgehead atoms. The van der Waals surface area contributed by atoms with Crippen LogP contribution in [0.1, 0.15) is 62.1 Å². The van der Waals surface area contributed by atoms with E-state index in [4.69, 9.17) is 21.1 Å². The fraction of sp³-hybridized carbons (Fsp3) is 0.310. The van der Waals surface area contributed by atoms with Gasteiger partial charge in [0.05, 0.1) is 36.0 Å². The van der Waals surface area contributed by atoms with Gasteiger partial charge in [0.2, 0.25) is 0 Å². The Hall–Kier alpha value is -3.89. The van der Waals surface area contributed by atoms with Crippen molar-refractivity contribution in [2.75, 3.05) is 6.61 Å². The Morgan fingerprint density at radius 2 is 1.76 bits per heavy atom. The average Bonchev–Trinajstić information content (AvgIpc) is 2.84. The monoisotopic (exact) mass is 520 g/mol. The molecule has 1 heterocycles. The second kappa shape index (κ2) is 11.4. The van der Waals surface area contributed by atoms with Crippen LogP contribution < -0.4 is 10.3 Å². The molecular weight excluding hydrogens is 492 g/mol. The van der Waals surface area contributed by atoms with Crippen LogP contribution in [0.4, 0.5) is 0 Å². The standard InChI is InChI=1S/C29H29ClN2O5/c1-6-36-26-17-32(27(34)15-24(26)23-14-22(30)12-11-21(23)16-31)18(2)25(33)13-19-7-9-20(10-8-19)28(35)37-29(3,4)5/h7-12,14-15,17-18H,6,13H2,1-5H3. The van der Waals surface area contributed by atoms with Crippen molar-refractivity contribution in [3.8, 4) is 22.9 Å². The number of rotatable bonds is 8. The van der Waals surface area contributed by atoms with E-state index in [2.05, 4.69) is 6.07 Å². The number of hydrogen-bond acceptors (Lipinski definition) is 6. The van der Waals surface area contributed by atoms with Gasteiger partial charge in [-0.05, 0) is 70.5 Å². The molecule has 1 unspecified atom stereocenters. The number of benzene rings is 2. The molecule has 0 aliphatic rings. The number of ether oxygens (including phenoxy) is 2. The lowest BCUT2D eigenvalue weighted by atomic mass is 9.99. The van der Waals surface area contributed by atoms with E-state index in [1.54, 1.807) is 77.1 Å². The van der Waals surface area contributed by atoms with Gasteiger partial charge in [0.25, 0.3) is 5.56 Å². The average molecular weight is 521 g/mol. The fourth-order valence-corrected chi connectivity index (χ4v) is 3.92. The summed E-state index contributed by atoms with van der Waals surface area (Å²) in [4.78, 5) is 38.4. The Balaban J connectivity index is 1.87. The van der Waals surface area contributed by atoms with Gasteiger partial charge in [0, 0.05) is 28.6 Å². The molecule has 3 aromatic rings. The Kier molecular flexibility index (Phi) is 8.57. The first kappa shape index (κ1) is 27.7. The molecule has 0 aliphatic carbocycles. The van der Waals surface area contributed by atoms with E-state index in [-0.39, 0.29) is 12.2 Å². The van der Waals surface area contributed by atoms with E-state index in [1.807, 2.05) is 0 Å². The van der Waals surface area contributed by atoms with Gasteiger partial charge in [-0.15, -0.1) is 0 Å². The largest absolute Gasteiger partial charge is 0.492 e. The summed E-state index contributed by atoms with van der Waals surface area (Å²) in [6, 6.07) is 14.1. The van der Waals surface area contributed by atoms with Crippen molar-refractivity contribution in [2.45, 2.75) is 52.7 Å². The molecule has 3 rings (SSSR count). The highest BCUT2D eigenvalue weighted by Gasteiger charge is 2.22. The predicted molar refractivity (Wildman–Crippen MR) is 142 cm³/mol. The van der Waals surface area contributed by atoms with E-state index < -0.39 is 23.2 Å². The quantitative estimate of drug-likeness (QED) is 0.350. The Labute approximate surface area is 221 Å². The number of Topliss-reactive ketones (excluding diaryl/α,β-unsaturated/α-hetero) is 1. The van der Waals surface area contributed by atoms with Gasteiger partial charge in [0.1, 0.15) is 11.4 Å². The number of esters is 1. The summed E-state index contributed by atoms with van der Waals surface area (Å²) < 4.78 is 12.5. The Morgan fingerprint density at radius 3 is 2.35 bits per heavy atom. The van der Waals surface area contributed by atoms with E-state index in [1.165, 1.54) is 16.8 Å².